The van der Waals surface area contributed by atoms with E-state index in [2.05, 4.69) is 10.4 Å². The summed E-state index contributed by atoms with van der Waals surface area (Å²) in [7, 11) is 0. The highest BCUT2D eigenvalue weighted by Gasteiger charge is 2.41. The lowest BCUT2D eigenvalue weighted by atomic mass is 9.83. The van der Waals surface area contributed by atoms with Gasteiger partial charge in [0.05, 0.1) is 11.1 Å². The molecule has 3 heterocycles. The van der Waals surface area contributed by atoms with Crippen LogP contribution in [0.2, 0.25) is 0 Å². The molecule has 0 saturated carbocycles. The highest BCUT2D eigenvalue weighted by molar-refractivity contribution is 6.05. The number of carbonyl (C=O) groups excluding carboxylic acids is 2. The Labute approximate surface area is 206 Å². The first-order chi connectivity index (χ1) is 16.6. The second-order valence-electron chi connectivity index (χ2n) is 10.8. The fourth-order valence-corrected chi connectivity index (χ4v) is 5.09. The highest BCUT2D eigenvalue weighted by Crippen LogP contribution is 2.32. The lowest BCUT2D eigenvalue weighted by Gasteiger charge is -2.44. The number of nitrogens with one attached hydrogen (secondary N) is 1. The molecule has 2 N–H and O–H groups in total. The van der Waals surface area contributed by atoms with Gasteiger partial charge in [-0.05, 0) is 65.9 Å². The van der Waals surface area contributed by atoms with Crippen molar-refractivity contribution >= 4 is 22.9 Å². The molecule has 2 amide bonds. The van der Waals surface area contributed by atoms with Crippen LogP contribution in [-0.2, 0) is 16.0 Å². The summed E-state index contributed by atoms with van der Waals surface area (Å²) < 4.78 is 12.9. The third-order valence-corrected chi connectivity index (χ3v) is 6.88. The molecule has 2 aliphatic rings. The smallest absolute Gasteiger partial charge is 0.410 e. The lowest BCUT2D eigenvalue weighted by molar-refractivity contribution is -0.0848. The van der Waals surface area contributed by atoms with Crippen LogP contribution in [-0.4, -0.2) is 74.8 Å². The second-order valence-corrected chi connectivity index (χ2v) is 10.8. The zero-order valence-corrected chi connectivity index (χ0v) is 21.2. The van der Waals surface area contributed by atoms with Gasteiger partial charge in [0.15, 0.2) is 5.69 Å². The van der Waals surface area contributed by atoms with Gasteiger partial charge in [-0.1, -0.05) is 18.2 Å². The molecule has 1 aromatic heterocycles. The van der Waals surface area contributed by atoms with Crippen molar-refractivity contribution in [1.29, 1.82) is 0 Å². The van der Waals surface area contributed by atoms with E-state index in [4.69, 9.17) is 9.47 Å². The number of amides is 2. The Hall–Kier alpha value is -2.65. The number of aliphatic hydroxyl groups is 1. The summed E-state index contributed by atoms with van der Waals surface area (Å²) in [6, 6.07) is 7.30. The number of fused-ring (bicyclic) bond motifs is 1. The van der Waals surface area contributed by atoms with Gasteiger partial charge in [0.25, 0.3) is 5.91 Å². The monoisotopic (exact) mass is 486 g/mol. The molecular weight excluding hydrogens is 448 g/mol. The number of para-hydroxylation sites is 1. The van der Waals surface area contributed by atoms with Crippen LogP contribution in [0.25, 0.3) is 10.9 Å². The van der Waals surface area contributed by atoms with E-state index in [1.54, 1.807) is 4.90 Å². The van der Waals surface area contributed by atoms with Gasteiger partial charge in [0, 0.05) is 43.8 Å². The maximum atomic E-state index is 13.2. The Balaban J connectivity index is 1.50. The highest BCUT2D eigenvalue weighted by atomic mass is 16.6. The largest absolute Gasteiger partial charge is 0.444 e. The van der Waals surface area contributed by atoms with Crippen LogP contribution in [0.3, 0.4) is 0 Å². The maximum absolute atomic E-state index is 13.2. The molecule has 192 valence electrons. The van der Waals surface area contributed by atoms with Gasteiger partial charge in [0.1, 0.15) is 5.60 Å². The Kier molecular flexibility index (Phi) is 7.38. The molecule has 2 aliphatic heterocycles. The zero-order chi connectivity index (χ0) is 25.2. The van der Waals surface area contributed by atoms with Crippen LogP contribution < -0.4 is 5.32 Å². The van der Waals surface area contributed by atoms with Crippen molar-refractivity contribution in [3.63, 3.8) is 0 Å². The fraction of sp³-hybridized carbons (Fsp3) is 0.654. The van der Waals surface area contributed by atoms with Gasteiger partial charge >= 0.3 is 6.09 Å². The molecule has 1 aromatic carbocycles. The molecule has 35 heavy (non-hydrogen) atoms. The van der Waals surface area contributed by atoms with Crippen molar-refractivity contribution in [3.8, 4) is 0 Å². The summed E-state index contributed by atoms with van der Waals surface area (Å²) in [5, 5.41) is 19.5. The molecule has 4 rings (SSSR count). The first-order valence-corrected chi connectivity index (χ1v) is 12.6. The average molecular weight is 487 g/mol. The van der Waals surface area contributed by atoms with Gasteiger partial charge in [0.2, 0.25) is 0 Å². The van der Waals surface area contributed by atoms with E-state index >= 15 is 0 Å². The summed E-state index contributed by atoms with van der Waals surface area (Å²) in [5.74, 6) is -0.246. The predicted octanol–water partition coefficient (Wildman–Crippen LogP) is 3.49. The summed E-state index contributed by atoms with van der Waals surface area (Å²) in [6.07, 6.45) is 2.53. The van der Waals surface area contributed by atoms with Gasteiger partial charge < -0.3 is 24.8 Å². The van der Waals surface area contributed by atoms with Crippen LogP contribution in [0, 0.1) is 0 Å². The Bertz CT molecular complexity index is 1050. The first-order valence-electron chi connectivity index (χ1n) is 12.6. The van der Waals surface area contributed by atoms with Gasteiger partial charge in [-0.25, -0.2) is 4.79 Å². The number of likely N-dealkylation sites (tertiary alicyclic amines) is 1. The SMILES string of the molecule is CCn1nc(C(=O)N[C@@H]2CC[C@H](CC3(O)CCOCC3)N(C(=O)OC(C)(C)C)C2)c2ccccc21. The van der Waals surface area contributed by atoms with E-state index in [1.165, 1.54) is 0 Å². The molecule has 0 bridgehead atoms. The number of nitrogens with zero attached hydrogens (tertiary/aromatic N) is 3. The molecule has 9 heteroatoms. The summed E-state index contributed by atoms with van der Waals surface area (Å²) >= 11 is 0. The first kappa shape index (κ1) is 25.4. The van der Waals surface area contributed by atoms with Crippen molar-refractivity contribution in [2.75, 3.05) is 19.8 Å². The Morgan fingerprint density at radius 3 is 2.63 bits per heavy atom. The summed E-state index contributed by atoms with van der Waals surface area (Å²) in [5.41, 5.74) is -0.182. The van der Waals surface area contributed by atoms with Gasteiger partial charge in [-0.3, -0.25) is 9.48 Å². The van der Waals surface area contributed by atoms with Crippen molar-refractivity contribution < 1.29 is 24.2 Å². The second kappa shape index (κ2) is 10.1. The normalized spacial score (nSPS) is 22.7. The molecule has 0 unspecified atom stereocenters. The fourth-order valence-electron chi connectivity index (χ4n) is 5.09. The van der Waals surface area contributed by atoms with Crippen molar-refractivity contribution in [2.45, 2.75) is 89.6 Å². The molecule has 0 radical (unpaired) electrons. The lowest BCUT2D eigenvalue weighted by Crippen LogP contribution is -2.57. The number of aryl methyl sites for hydroxylation is 1. The zero-order valence-electron chi connectivity index (χ0n) is 21.2. The molecular formula is C26H38N4O5. The third-order valence-electron chi connectivity index (χ3n) is 6.88. The third kappa shape index (κ3) is 5.95. The van der Waals surface area contributed by atoms with Crippen molar-refractivity contribution in [2.24, 2.45) is 0 Å². The van der Waals surface area contributed by atoms with Crippen LogP contribution in [0.5, 0.6) is 0 Å². The molecule has 0 aliphatic carbocycles. The maximum Gasteiger partial charge on any atom is 0.410 e. The number of benzene rings is 1. The van der Waals surface area contributed by atoms with E-state index in [0.29, 0.717) is 64.1 Å². The molecule has 2 atom stereocenters. The number of ether oxygens (including phenoxy) is 2. The van der Waals surface area contributed by atoms with Crippen molar-refractivity contribution in [3.05, 3.63) is 30.0 Å². The molecule has 2 aromatic rings. The number of hydrogen-bond donors (Lipinski definition) is 2. The number of piperidine rings is 1. The van der Waals surface area contributed by atoms with Crippen LogP contribution in [0.4, 0.5) is 4.79 Å². The molecule has 2 fully saturated rings. The van der Waals surface area contributed by atoms with Crippen molar-refractivity contribution in [1.82, 2.24) is 20.0 Å². The predicted molar refractivity (Wildman–Crippen MR) is 132 cm³/mol. The molecule has 9 nitrogen and oxygen atoms in total. The number of hydrogen-bond acceptors (Lipinski definition) is 6. The molecule has 2 saturated heterocycles. The number of carbonyl (C=O) groups is 2. The molecule has 0 spiro atoms. The Morgan fingerprint density at radius 2 is 1.94 bits per heavy atom. The topological polar surface area (TPSA) is 106 Å². The minimum Gasteiger partial charge on any atom is -0.444 e. The van der Waals surface area contributed by atoms with E-state index in [1.807, 2.05) is 56.6 Å². The van der Waals surface area contributed by atoms with Crippen LogP contribution >= 0.6 is 0 Å². The van der Waals surface area contributed by atoms with E-state index < -0.39 is 17.3 Å². The van der Waals surface area contributed by atoms with E-state index in [9.17, 15) is 14.7 Å². The van der Waals surface area contributed by atoms with Gasteiger partial charge in [-0.2, -0.15) is 5.10 Å². The minimum absolute atomic E-state index is 0.166. The van der Waals surface area contributed by atoms with E-state index in [-0.39, 0.29) is 18.0 Å². The average Bonchev–Trinajstić information content (AvgIpc) is 3.18. The summed E-state index contributed by atoms with van der Waals surface area (Å²) in [6.45, 7) is 9.54. The van der Waals surface area contributed by atoms with Crippen LogP contribution in [0.1, 0.15) is 70.3 Å². The van der Waals surface area contributed by atoms with E-state index in [0.717, 1.165) is 10.9 Å². The van der Waals surface area contributed by atoms with Crippen LogP contribution in [0.15, 0.2) is 24.3 Å². The summed E-state index contributed by atoms with van der Waals surface area (Å²) in [4.78, 5) is 28.1. The minimum atomic E-state index is -0.856. The number of aromatic nitrogens is 2. The number of rotatable bonds is 5. The quantitative estimate of drug-likeness (QED) is 0.670. The Morgan fingerprint density at radius 1 is 1.23 bits per heavy atom. The standard InChI is InChI=1S/C26H38N4O5/c1-5-30-21-9-7-6-8-20(21)22(28-30)23(31)27-18-10-11-19(16-26(33)12-14-34-15-13-26)29(17-18)24(32)35-25(2,3)4/h6-9,18-19,33H,5,10-17H2,1-4H3,(H,27,31)/t18-,19-/m1/s1. The van der Waals surface area contributed by atoms with Gasteiger partial charge in [-0.15, -0.1) is 0 Å².